The molecule has 0 aliphatic heterocycles. The van der Waals surface area contributed by atoms with E-state index in [0.717, 1.165) is 4.90 Å². The monoisotopic (exact) mass is 207 g/mol. The topological polar surface area (TPSA) is 61.1 Å². The fraction of sp³-hybridized carbons (Fsp3) is 0.200. The van der Waals surface area contributed by atoms with Gasteiger partial charge in [0, 0.05) is 4.90 Å². The van der Waals surface area contributed by atoms with Gasteiger partial charge in [0.2, 0.25) is 0 Å². The summed E-state index contributed by atoms with van der Waals surface area (Å²) < 4.78 is 0. The number of nitrogens with zero attached hydrogens (tertiary/aromatic N) is 1. The van der Waals surface area contributed by atoms with Gasteiger partial charge in [0.1, 0.15) is 0 Å². The molecule has 4 heteroatoms. The molecule has 0 aliphatic rings. The lowest BCUT2D eigenvalue weighted by molar-refractivity contribution is 0.0697. The van der Waals surface area contributed by atoms with E-state index in [0.29, 0.717) is 0 Å². The molecule has 72 valence electrons. The number of rotatable bonds is 3. The van der Waals surface area contributed by atoms with E-state index in [4.69, 9.17) is 10.4 Å². The molecule has 14 heavy (non-hydrogen) atoms. The normalized spacial score (nSPS) is 11.7. The third kappa shape index (κ3) is 2.79. The summed E-state index contributed by atoms with van der Waals surface area (Å²) in [4.78, 5) is 11.4. The lowest BCUT2D eigenvalue weighted by Gasteiger charge is -2.02. The molecule has 1 unspecified atom stereocenters. The van der Waals surface area contributed by atoms with Crippen LogP contribution in [0.2, 0.25) is 0 Å². The molecule has 1 aromatic rings. The van der Waals surface area contributed by atoms with Gasteiger partial charge in [0.25, 0.3) is 0 Å². The molecule has 0 radical (unpaired) electrons. The van der Waals surface area contributed by atoms with Crippen LogP contribution in [0.15, 0.2) is 29.2 Å². The molecule has 0 amide bonds. The average molecular weight is 207 g/mol. The third-order valence-electron chi connectivity index (χ3n) is 1.60. The van der Waals surface area contributed by atoms with Gasteiger partial charge in [-0.25, -0.2) is 4.79 Å². The van der Waals surface area contributed by atoms with E-state index >= 15 is 0 Å². The molecule has 1 atom stereocenters. The van der Waals surface area contributed by atoms with Crippen LogP contribution >= 0.6 is 11.8 Å². The van der Waals surface area contributed by atoms with Crippen LogP contribution in [0.5, 0.6) is 0 Å². The van der Waals surface area contributed by atoms with Crippen LogP contribution in [-0.2, 0) is 0 Å². The first kappa shape index (κ1) is 10.6. The molecular formula is C10H9NO2S. The molecule has 0 aromatic heterocycles. The van der Waals surface area contributed by atoms with Crippen LogP contribution in [-0.4, -0.2) is 16.3 Å². The van der Waals surface area contributed by atoms with E-state index in [9.17, 15) is 4.79 Å². The predicted octanol–water partition coefficient (Wildman–Crippen LogP) is 2.39. The number of carboxylic acids is 1. The largest absolute Gasteiger partial charge is 0.478 e. The third-order valence-corrected chi connectivity index (χ3v) is 2.60. The van der Waals surface area contributed by atoms with E-state index in [1.165, 1.54) is 23.9 Å². The number of thioether (sulfide) groups is 1. The van der Waals surface area contributed by atoms with Crippen LogP contribution in [0.1, 0.15) is 17.3 Å². The fourth-order valence-electron chi connectivity index (χ4n) is 0.907. The highest BCUT2D eigenvalue weighted by Gasteiger charge is 2.04. The molecule has 0 heterocycles. The van der Waals surface area contributed by atoms with E-state index in [1.807, 2.05) is 0 Å². The van der Waals surface area contributed by atoms with Gasteiger partial charge in [-0.3, -0.25) is 0 Å². The van der Waals surface area contributed by atoms with E-state index < -0.39 is 5.97 Å². The van der Waals surface area contributed by atoms with Gasteiger partial charge in [0.05, 0.1) is 16.9 Å². The fourth-order valence-corrected chi connectivity index (χ4v) is 1.66. The predicted molar refractivity (Wildman–Crippen MR) is 54.3 cm³/mol. The minimum Gasteiger partial charge on any atom is -0.478 e. The lowest BCUT2D eigenvalue weighted by Crippen LogP contribution is -1.95. The zero-order valence-electron chi connectivity index (χ0n) is 7.60. The van der Waals surface area contributed by atoms with Gasteiger partial charge in [-0.1, -0.05) is 0 Å². The Labute approximate surface area is 86.4 Å². The van der Waals surface area contributed by atoms with Crippen molar-refractivity contribution in [1.29, 1.82) is 5.26 Å². The van der Waals surface area contributed by atoms with Crippen molar-refractivity contribution >= 4 is 17.7 Å². The summed E-state index contributed by atoms with van der Waals surface area (Å²) in [7, 11) is 0. The SMILES string of the molecule is CC(C#N)Sc1ccc(C(=O)O)cc1. The first-order valence-electron chi connectivity index (χ1n) is 4.03. The van der Waals surface area contributed by atoms with Gasteiger partial charge in [0.15, 0.2) is 0 Å². The lowest BCUT2D eigenvalue weighted by atomic mass is 10.2. The van der Waals surface area contributed by atoms with Gasteiger partial charge in [-0.2, -0.15) is 5.26 Å². The molecule has 0 fully saturated rings. The number of carbonyl (C=O) groups is 1. The minimum absolute atomic E-state index is 0.120. The summed E-state index contributed by atoms with van der Waals surface area (Å²) >= 11 is 1.41. The quantitative estimate of drug-likeness (QED) is 0.773. The van der Waals surface area contributed by atoms with Crippen molar-refractivity contribution in [2.75, 3.05) is 0 Å². The van der Waals surface area contributed by atoms with Crippen molar-refractivity contribution in [3.63, 3.8) is 0 Å². The van der Waals surface area contributed by atoms with Crippen molar-refractivity contribution in [2.24, 2.45) is 0 Å². The van der Waals surface area contributed by atoms with Gasteiger partial charge in [-0.15, -0.1) is 11.8 Å². The van der Waals surface area contributed by atoms with Crippen LogP contribution in [0, 0.1) is 11.3 Å². The summed E-state index contributed by atoms with van der Waals surface area (Å²) in [6.07, 6.45) is 0. The standard InChI is InChI=1S/C10H9NO2S/c1-7(6-11)14-9-4-2-8(3-5-9)10(12)13/h2-5,7H,1H3,(H,12,13). The molecule has 1 aromatic carbocycles. The second-order valence-electron chi connectivity index (χ2n) is 2.72. The maximum Gasteiger partial charge on any atom is 0.335 e. The molecule has 1 rings (SSSR count). The van der Waals surface area contributed by atoms with E-state index in [2.05, 4.69) is 6.07 Å². The Morgan fingerprint density at radius 3 is 2.50 bits per heavy atom. The van der Waals surface area contributed by atoms with Crippen LogP contribution < -0.4 is 0 Å². The summed E-state index contributed by atoms with van der Waals surface area (Å²) in [5.41, 5.74) is 0.263. The summed E-state index contributed by atoms with van der Waals surface area (Å²) in [6.45, 7) is 1.80. The molecule has 0 saturated heterocycles. The highest BCUT2D eigenvalue weighted by Crippen LogP contribution is 2.22. The van der Waals surface area contributed by atoms with Crippen molar-refractivity contribution in [3.05, 3.63) is 29.8 Å². The first-order chi connectivity index (χ1) is 6.63. The summed E-state index contributed by atoms with van der Waals surface area (Å²) in [5.74, 6) is -0.935. The van der Waals surface area contributed by atoms with Crippen LogP contribution in [0.25, 0.3) is 0 Å². The van der Waals surface area contributed by atoms with Crippen molar-refractivity contribution in [1.82, 2.24) is 0 Å². The summed E-state index contributed by atoms with van der Waals surface area (Å²) in [6, 6.07) is 8.59. The Balaban J connectivity index is 2.75. The Hall–Kier alpha value is -1.47. The second-order valence-corrected chi connectivity index (χ2v) is 4.13. The maximum atomic E-state index is 10.5. The Bertz CT molecular complexity index is 367. The smallest absolute Gasteiger partial charge is 0.335 e. The molecule has 1 N–H and O–H groups in total. The van der Waals surface area contributed by atoms with E-state index in [1.54, 1.807) is 19.1 Å². The Kier molecular flexibility index (Phi) is 3.55. The van der Waals surface area contributed by atoms with Crippen molar-refractivity contribution in [3.8, 4) is 6.07 Å². The number of benzene rings is 1. The summed E-state index contributed by atoms with van der Waals surface area (Å²) in [5, 5.41) is 17.1. The van der Waals surface area contributed by atoms with Gasteiger partial charge < -0.3 is 5.11 Å². The highest BCUT2D eigenvalue weighted by atomic mass is 32.2. The Morgan fingerprint density at radius 1 is 1.50 bits per heavy atom. The molecule has 3 nitrogen and oxygen atoms in total. The van der Waals surface area contributed by atoms with Crippen molar-refractivity contribution < 1.29 is 9.90 Å². The maximum absolute atomic E-state index is 10.5. The van der Waals surface area contributed by atoms with E-state index in [-0.39, 0.29) is 10.8 Å². The zero-order chi connectivity index (χ0) is 10.6. The molecule has 0 bridgehead atoms. The first-order valence-corrected chi connectivity index (χ1v) is 4.91. The number of hydrogen-bond donors (Lipinski definition) is 1. The molecule has 0 saturated carbocycles. The molecule has 0 spiro atoms. The number of hydrogen-bond acceptors (Lipinski definition) is 3. The van der Waals surface area contributed by atoms with Crippen LogP contribution in [0.4, 0.5) is 0 Å². The van der Waals surface area contributed by atoms with Gasteiger partial charge >= 0.3 is 5.97 Å². The number of nitriles is 1. The number of carboxylic acid groups (broad SMARTS) is 1. The second kappa shape index (κ2) is 4.68. The number of aromatic carboxylic acids is 1. The molecular weight excluding hydrogens is 198 g/mol. The highest BCUT2D eigenvalue weighted by molar-refractivity contribution is 8.00. The Morgan fingerprint density at radius 2 is 2.07 bits per heavy atom. The average Bonchev–Trinajstić information content (AvgIpc) is 2.18. The van der Waals surface area contributed by atoms with Crippen LogP contribution in [0.3, 0.4) is 0 Å². The van der Waals surface area contributed by atoms with Crippen molar-refractivity contribution in [2.45, 2.75) is 17.1 Å². The zero-order valence-corrected chi connectivity index (χ0v) is 8.41. The molecule has 0 aliphatic carbocycles. The minimum atomic E-state index is -0.935. The van der Waals surface area contributed by atoms with Gasteiger partial charge in [-0.05, 0) is 31.2 Å².